The van der Waals surface area contributed by atoms with E-state index in [1.165, 1.54) is 0 Å². The van der Waals surface area contributed by atoms with Crippen molar-refractivity contribution in [3.8, 4) is 0 Å². The van der Waals surface area contributed by atoms with Crippen molar-refractivity contribution >= 4 is 12.1 Å². The molecule has 0 bridgehead atoms. The quantitative estimate of drug-likeness (QED) is 0.221. The highest BCUT2D eigenvalue weighted by atomic mass is 16.4. The molecule has 1 rings (SSSR count). The summed E-state index contributed by atoms with van der Waals surface area (Å²) in [6.07, 6.45) is 0.703. The smallest absolute Gasteiger partial charge is 0.170 e. The van der Waals surface area contributed by atoms with Crippen LogP contribution in [0.4, 0.5) is 0 Å². The van der Waals surface area contributed by atoms with Crippen LogP contribution in [0.5, 0.6) is 0 Å². The van der Waals surface area contributed by atoms with Gasteiger partial charge in [0, 0.05) is 11.1 Å². The summed E-state index contributed by atoms with van der Waals surface area (Å²) in [6.45, 7) is 0. The highest BCUT2D eigenvalue weighted by Gasteiger charge is 1.98. The minimum Gasteiger partial charge on any atom is -0.409 e. The van der Waals surface area contributed by atoms with Gasteiger partial charge in [0.1, 0.15) is 6.29 Å². The van der Waals surface area contributed by atoms with E-state index in [0.29, 0.717) is 17.4 Å². The van der Waals surface area contributed by atoms with E-state index in [9.17, 15) is 4.79 Å². The zero-order valence-electron chi connectivity index (χ0n) is 6.27. The molecule has 12 heavy (non-hydrogen) atoms. The van der Waals surface area contributed by atoms with E-state index in [2.05, 4.69) is 5.16 Å². The summed E-state index contributed by atoms with van der Waals surface area (Å²) in [5, 5.41) is 11.1. The second-order valence-corrected chi connectivity index (χ2v) is 2.23. The first-order valence-electron chi connectivity index (χ1n) is 3.31. The maximum absolute atomic E-state index is 10.3. The topological polar surface area (TPSA) is 75.7 Å². The lowest BCUT2D eigenvalue weighted by molar-refractivity contribution is 0.112. The SMILES string of the molecule is N/C(=N\O)c1cccc(C=O)c1. The summed E-state index contributed by atoms with van der Waals surface area (Å²) in [6, 6.07) is 6.50. The summed E-state index contributed by atoms with van der Waals surface area (Å²) in [5.74, 6) is -0.00120. The lowest BCUT2D eigenvalue weighted by Crippen LogP contribution is -2.13. The predicted molar refractivity (Wildman–Crippen MR) is 44.3 cm³/mol. The maximum Gasteiger partial charge on any atom is 0.170 e. The first-order valence-corrected chi connectivity index (χ1v) is 3.31. The molecule has 0 fully saturated rings. The van der Waals surface area contributed by atoms with Gasteiger partial charge in [0.15, 0.2) is 5.84 Å². The number of aldehydes is 1. The zero-order valence-corrected chi connectivity index (χ0v) is 6.27. The van der Waals surface area contributed by atoms with Crippen LogP contribution in [0.15, 0.2) is 29.4 Å². The number of benzene rings is 1. The van der Waals surface area contributed by atoms with Crippen molar-refractivity contribution in [1.82, 2.24) is 0 Å². The Kier molecular flexibility index (Phi) is 2.42. The Hall–Kier alpha value is -1.84. The molecule has 4 heteroatoms. The van der Waals surface area contributed by atoms with Crippen molar-refractivity contribution in [1.29, 1.82) is 0 Å². The summed E-state index contributed by atoms with van der Waals surface area (Å²) in [5.41, 5.74) is 6.33. The Morgan fingerprint density at radius 2 is 2.33 bits per heavy atom. The van der Waals surface area contributed by atoms with Gasteiger partial charge >= 0.3 is 0 Å². The third-order valence-corrected chi connectivity index (χ3v) is 1.43. The van der Waals surface area contributed by atoms with Gasteiger partial charge in [0.25, 0.3) is 0 Å². The second-order valence-electron chi connectivity index (χ2n) is 2.23. The lowest BCUT2D eigenvalue weighted by atomic mass is 10.1. The highest BCUT2D eigenvalue weighted by Crippen LogP contribution is 2.02. The molecule has 0 atom stereocenters. The average Bonchev–Trinajstić information content (AvgIpc) is 2.17. The van der Waals surface area contributed by atoms with Crippen LogP contribution in [0.3, 0.4) is 0 Å². The molecular weight excluding hydrogens is 156 g/mol. The monoisotopic (exact) mass is 164 g/mol. The number of hydrogen-bond donors (Lipinski definition) is 2. The van der Waals surface area contributed by atoms with Crippen molar-refractivity contribution in [3.05, 3.63) is 35.4 Å². The third kappa shape index (κ3) is 1.60. The van der Waals surface area contributed by atoms with Gasteiger partial charge in [0.05, 0.1) is 0 Å². The summed E-state index contributed by atoms with van der Waals surface area (Å²) < 4.78 is 0. The summed E-state index contributed by atoms with van der Waals surface area (Å²) in [4.78, 5) is 10.3. The third-order valence-electron chi connectivity index (χ3n) is 1.43. The fourth-order valence-corrected chi connectivity index (χ4v) is 0.829. The maximum atomic E-state index is 10.3. The zero-order chi connectivity index (χ0) is 8.97. The van der Waals surface area contributed by atoms with Gasteiger partial charge in [-0.1, -0.05) is 23.4 Å². The van der Waals surface area contributed by atoms with E-state index in [4.69, 9.17) is 10.9 Å². The standard InChI is InChI=1S/C8H8N2O2/c9-8(10-12)7-3-1-2-6(4-7)5-11/h1-5,12H,(H2,9,10). The number of carbonyl (C=O) groups excluding carboxylic acids is 1. The van der Waals surface area contributed by atoms with Gasteiger partial charge in [0.2, 0.25) is 0 Å². The number of amidine groups is 1. The largest absolute Gasteiger partial charge is 0.409 e. The van der Waals surface area contributed by atoms with Crippen LogP contribution in [0, 0.1) is 0 Å². The first-order chi connectivity index (χ1) is 5.77. The van der Waals surface area contributed by atoms with Crippen LogP contribution in [0.25, 0.3) is 0 Å². The van der Waals surface area contributed by atoms with Gasteiger partial charge in [-0.25, -0.2) is 0 Å². The Bertz CT molecular complexity index is 321. The van der Waals surface area contributed by atoms with E-state index in [1.807, 2.05) is 0 Å². The fourth-order valence-electron chi connectivity index (χ4n) is 0.829. The fraction of sp³-hybridized carbons (Fsp3) is 0. The van der Waals surface area contributed by atoms with Crippen LogP contribution in [-0.2, 0) is 0 Å². The Balaban J connectivity index is 3.10. The minimum absolute atomic E-state index is 0.00120. The van der Waals surface area contributed by atoms with Gasteiger partial charge < -0.3 is 10.9 Å². The van der Waals surface area contributed by atoms with E-state index in [0.717, 1.165) is 0 Å². The molecule has 4 nitrogen and oxygen atoms in total. The van der Waals surface area contributed by atoms with Crippen molar-refractivity contribution in [3.63, 3.8) is 0 Å². The van der Waals surface area contributed by atoms with E-state index in [1.54, 1.807) is 24.3 Å². The molecule has 1 aromatic carbocycles. The second kappa shape index (κ2) is 3.52. The van der Waals surface area contributed by atoms with E-state index >= 15 is 0 Å². The molecule has 0 aromatic heterocycles. The number of nitrogens with zero attached hydrogens (tertiary/aromatic N) is 1. The Morgan fingerprint density at radius 1 is 1.58 bits per heavy atom. The van der Waals surface area contributed by atoms with Gasteiger partial charge in [-0.2, -0.15) is 0 Å². The molecule has 0 aliphatic rings. The number of rotatable bonds is 2. The molecular formula is C8H8N2O2. The Labute approximate surface area is 69.3 Å². The van der Waals surface area contributed by atoms with Crippen molar-refractivity contribution in [2.75, 3.05) is 0 Å². The molecule has 0 aliphatic carbocycles. The molecule has 0 saturated heterocycles. The first kappa shape index (κ1) is 8.26. The van der Waals surface area contributed by atoms with Crippen LogP contribution in [0.1, 0.15) is 15.9 Å². The Morgan fingerprint density at radius 3 is 2.92 bits per heavy atom. The molecule has 0 unspecified atom stereocenters. The number of nitrogens with two attached hydrogens (primary N) is 1. The van der Waals surface area contributed by atoms with Crippen LogP contribution in [0.2, 0.25) is 0 Å². The molecule has 1 aromatic rings. The van der Waals surface area contributed by atoms with Crippen LogP contribution < -0.4 is 5.73 Å². The van der Waals surface area contributed by atoms with Gasteiger partial charge in [-0.05, 0) is 6.07 Å². The molecule has 62 valence electrons. The van der Waals surface area contributed by atoms with Gasteiger partial charge in [-0.15, -0.1) is 0 Å². The lowest BCUT2D eigenvalue weighted by Gasteiger charge is -1.97. The highest BCUT2D eigenvalue weighted by molar-refractivity contribution is 5.98. The molecule has 0 amide bonds. The van der Waals surface area contributed by atoms with E-state index < -0.39 is 0 Å². The molecule has 0 heterocycles. The molecule has 0 aliphatic heterocycles. The number of oxime groups is 1. The van der Waals surface area contributed by atoms with Crippen LogP contribution >= 0.6 is 0 Å². The molecule has 3 N–H and O–H groups in total. The minimum atomic E-state index is -0.00120. The molecule has 0 saturated carbocycles. The average molecular weight is 164 g/mol. The molecule has 0 radical (unpaired) electrons. The molecule has 0 spiro atoms. The van der Waals surface area contributed by atoms with E-state index in [-0.39, 0.29) is 5.84 Å². The van der Waals surface area contributed by atoms with Crippen LogP contribution in [-0.4, -0.2) is 17.3 Å². The summed E-state index contributed by atoms with van der Waals surface area (Å²) >= 11 is 0. The summed E-state index contributed by atoms with van der Waals surface area (Å²) in [7, 11) is 0. The normalized spacial score (nSPS) is 11.2. The number of hydrogen-bond acceptors (Lipinski definition) is 3. The van der Waals surface area contributed by atoms with Crippen molar-refractivity contribution in [2.45, 2.75) is 0 Å². The number of carbonyl (C=O) groups is 1. The van der Waals surface area contributed by atoms with Gasteiger partial charge in [-0.3, -0.25) is 4.79 Å². The van der Waals surface area contributed by atoms with Crippen molar-refractivity contribution < 1.29 is 10.0 Å². The predicted octanol–water partition coefficient (Wildman–Crippen LogP) is 0.594. The van der Waals surface area contributed by atoms with Crippen molar-refractivity contribution in [2.24, 2.45) is 10.9 Å².